The molecule has 0 saturated carbocycles. The smallest absolute Gasteiger partial charge is 0.166 e. The molecule has 0 aromatic heterocycles. The average molecular weight is 677 g/mol. The highest BCUT2D eigenvalue weighted by molar-refractivity contribution is 6.08. The van der Waals surface area contributed by atoms with Crippen LogP contribution in [0.25, 0.3) is 54.9 Å². The maximum absolute atomic E-state index is 13.7. The molecule has 6 rings (SSSR count). The SMILES string of the molecule is FC(F)(F)c1cc(-c2[c]c(-c3[c]c(-c4cc(C(F)(F)F)cc(C(F)(F)F)c4)cc4ccccc34)c3ccccc3c2)cc(C(F)(F)F)c1. The minimum atomic E-state index is -5.13. The van der Waals surface area contributed by atoms with Gasteiger partial charge in [-0.3, -0.25) is 0 Å². The summed E-state index contributed by atoms with van der Waals surface area (Å²) >= 11 is 0. The Morgan fingerprint density at radius 1 is 0.354 bits per heavy atom. The zero-order valence-electron chi connectivity index (χ0n) is 23.8. The van der Waals surface area contributed by atoms with Gasteiger partial charge >= 0.3 is 24.7 Å². The third-order valence-electron chi connectivity index (χ3n) is 7.63. The second-order valence-electron chi connectivity index (χ2n) is 10.9. The van der Waals surface area contributed by atoms with E-state index in [-0.39, 0.29) is 34.4 Å². The Kier molecular flexibility index (Phi) is 7.76. The van der Waals surface area contributed by atoms with Crippen LogP contribution in [0, 0.1) is 12.1 Å². The summed E-state index contributed by atoms with van der Waals surface area (Å²) < 4.78 is 165. The van der Waals surface area contributed by atoms with Crippen LogP contribution in [0.4, 0.5) is 52.7 Å². The highest BCUT2D eigenvalue weighted by Crippen LogP contribution is 2.44. The summed E-state index contributed by atoms with van der Waals surface area (Å²) in [6.07, 6.45) is -20.5. The molecule has 0 amide bonds. The zero-order valence-corrected chi connectivity index (χ0v) is 23.8. The van der Waals surface area contributed by atoms with Crippen LogP contribution in [0.1, 0.15) is 22.3 Å². The van der Waals surface area contributed by atoms with Gasteiger partial charge in [0.1, 0.15) is 0 Å². The van der Waals surface area contributed by atoms with Gasteiger partial charge in [0.2, 0.25) is 0 Å². The van der Waals surface area contributed by atoms with E-state index >= 15 is 0 Å². The van der Waals surface area contributed by atoms with Gasteiger partial charge in [0.25, 0.3) is 0 Å². The van der Waals surface area contributed by atoms with Crippen LogP contribution in [-0.2, 0) is 24.7 Å². The van der Waals surface area contributed by atoms with Gasteiger partial charge in [-0.15, -0.1) is 0 Å². The molecule has 0 nitrogen and oxygen atoms in total. The minimum Gasteiger partial charge on any atom is -0.166 e. The van der Waals surface area contributed by atoms with E-state index < -0.39 is 58.1 Å². The second-order valence-corrected chi connectivity index (χ2v) is 10.9. The third-order valence-corrected chi connectivity index (χ3v) is 7.63. The largest absolute Gasteiger partial charge is 0.416 e. The van der Waals surface area contributed by atoms with Crippen molar-refractivity contribution in [2.75, 3.05) is 0 Å². The molecule has 2 radical (unpaired) electrons. The summed E-state index contributed by atoms with van der Waals surface area (Å²) in [7, 11) is 0. The minimum absolute atomic E-state index is 0.0134. The summed E-state index contributed by atoms with van der Waals surface area (Å²) in [6.45, 7) is 0. The number of rotatable bonds is 3. The van der Waals surface area contributed by atoms with Crippen LogP contribution in [-0.4, -0.2) is 0 Å². The summed E-state index contributed by atoms with van der Waals surface area (Å²) in [5.74, 6) is 0. The Morgan fingerprint density at radius 2 is 0.646 bits per heavy atom. The van der Waals surface area contributed by atoms with Crippen LogP contribution in [0.15, 0.2) is 97.1 Å². The molecular weight excluding hydrogens is 660 g/mol. The number of fused-ring (bicyclic) bond motifs is 2. The highest BCUT2D eigenvalue weighted by atomic mass is 19.4. The third kappa shape index (κ3) is 6.43. The Morgan fingerprint density at radius 3 is 0.938 bits per heavy atom. The van der Waals surface area contributed by atoms with Crippen molar-refractivity contribution in [3.8, 4) is 33.4 Å². The summed E-state index contributed by atoms with van der Waals surface area (Å²) in [6, 6.07) is 23.2. The van der Waals surface area contributed by atoms with Crippen molar-refractivity contribution < 1.29 is 52.7 Å². The maximum Gasteiger partial charge on any atom is 0.416 e. The van der Waals surface area contributed by atoms with Crippen LogP contribution >= 0.6 is 0 Å². The van der Waals surface area contributed by atoms with Crippen LogP contribution in [0.5, 0.6) is 0 Å². The fourth-order valence-corrected chi connectivity index (χ4v) is 5.41. The first-order chi connectivity index (χ1) is 22.3. The Balaban J connectivity index is 1.67. The lowest BCUT2D eigenvalue weighted by Gasteiger charge is -2.18. The average Bonchev–Trinajstić information content (AvgIpc) is 3.01. The molecule has 0 spiro atoms. The van der Waals surface area contributed by atoms with Crippen molar-refractivity contribution in [1.82, 2.24) is 0 Å². The number of hydrogen-bond donors (Lipinski definition) is 0. The second kappa shape index (κ2) is 11.3. The molecule has 0 saturated heterocycles. The summed E-state index contributed by atoms with van der Waals surface area (Å²) in [4.78, 5) is 0. The van der Waals surface area contributed by atoms with Gasteiger partial charge in [-0.25, -0.2) is 0 Å². The number of hydrogen-bond acceptors (Lipinski definition) is 0. The van der Waals surface area contributed by atoms with Crippen molar-refractivity contribution >= 4 is 21.5 Å². The van der Waals surface area contributed by atoms with Gasteiger partial charge in [0, 0.05) is 0 Å². The molecule has 244 valence electrons. The van der Waals surface area contributed by atoms with Crippen molar-refractivity contribution in [1.29, 1.82) is 0 Å². The van der Waals surface area contributed by atoms with Crippen molar-refractivity contribution in [2.45, 2.75) is 24.7 Å². The van der Waals surface area contributed by atoms with E-state index in [1.165, 1.54) is 12.1 Å². The van der Waals surface area contributed by atoms with Crippen LogP contribution in [0.2, 0.25) is 0 Å². The lowest BCUT2D eigenvalue weighted by Crippen LogP contribution is -2.11. The van der Waals surface area contributed by atoms with Crippen molar-refractivity contribution in [3.05, 3.63) is 131 Å². The highest BCUT2D eigenvalue weighted by Gasteiger charge is 2.38. The number of alkyl halides is 12. The van der Waals surface area contributed by atoms with E-state index in [1.807, 2.05) is 0 Å². The van der Waals surface area contributed by atoms with Gasteiger partial charge in [0.05, 0.1) is 22.3 Å². The molecule has 0 aliphatic carbocycles. The van der Waals surface area contributed by atoms with Gasteiger partial charge in [-0.2, -0.15) is 52.7 Å². The first-order valence-electron chi connectivity index (χ1n) is 13.8. The topological polar surface area (TPSA) is 0 Å². The Labute approximate surface area is 263 Å². The monoisotopic (exact) mass is 676 g/mol. The van der Waals surface area contributed by atoms with Crippen LogP contribution in [0.3, 0.4) is 0 Å². The molecule has 6 aromatic rings. The molecule has 0 aliphatic rings. The first-order valence-corrected chi connectivity index (χ1v) is 13.8. The summed E-state index contributed by atoms with van der Waals surface area (Å²) in [5.41, 5.74) is -7.35. The molecule has 0 fully saturated rings. The van der Waals surface area contributed by atoms with E-state index in [1.54, 1.807) is 48.5 Å². The molecule has 0 bridgehead atoms. The molecule has 0 heterocycles. The zero-order chi connectivity index (χ0) is 34.8. The lowest BCUT2D eigenvalue weighted by molar-refractivity contribution is -0.144. The maximum atomic E-state index is 13.7. The quantitative estimate of drug-likeness (QED) is 0.164. The van der Waals surface area contributed by atoms with E-state index in [4.69, 9.17) is 0 Å². The van der Waals surface area contributed by atoms with E-state index in [0.29, 0.717) is 45.8 Å². The first kappa shape index (κ1) is 32.9. The molecule has 0 aliphatic heterocycles. The molecule has 6 aromatic carbocycles. The van der Waals surface area contributed by atoms with E-state index in [0.717, 1.165) is 0 Å². The summed E-state index contributed by atoms with van der Waals surface area (Å²) in [5, 5.41) is 1.49. The van der Waals surface area contributed by atoms with Crippen LogP contribution < -0.4 is 0 Å². The number of benzene rings is 6. The normalized spacial score (nSPS) is 13.0. The van der Waals surface area contributed by atoms with Gasteiger partial charge in [-0.1, -0.05) is 48.5 Å². The van der Waals surface area contributed by atoms with Gasteiger partial charge in [-0.05, 0) is 116 Å². The fourth-order valence-electron chi connectivity index (χ4n) is 5.41. The standard InChI is InChI=1S/C36H16F12/c37-33(38,39)25-11-23(12-26(17-25)34(40,41)42)21-9-19-5-1-3-7-29(19)31(15-21)32-16-22(10-20-6-2-4-8-30(20)32)24-13-27(35(43,44)45)18-28(14-24)36(46,47)48/h1-14,17-18H. The Bertz CT molecular complexity index is 1960. The molecule has 0 N–H and O–H groups in total. The van der Waals surface area contributed by atoms with E-state index in [2.05, 4.69) is 12.1 Å². The lowest BCUT2D eigenvalue weighted by atomic mass is 9.87. The number of halogens is 12. The molecule has 12 heteroatoms. The fraction of sp³-hybridized carbons (Fsp3) is 0.111. The van der Waals surface area contributed by atoms with Crippen molar-refractivity contribution in [3.63, 3.8) is 0 Å². The molecule has 48 heavy (non-hydrogen) atoms. The van der Waals surface area contributed by atoms with Crippen molar-refractivity contribution in [2.24, 2.45) is 0 Å². The van der Waals surface area contributed by atoms with Gasteiger partial charge < -0.3 is 0 Å². The molecule has 0 unspecified atom stereocenters. The molecule has 0 atom stereocenters. The van der Waals surface area contributed by atoms with E-state index in [9.17, 15) is 52.7 Å². The van der Waals surface area contributed by atoms with Gasteiger partial charge in [0.15, 0.2) is 0 Å². The predicted octanol–water partition coefficient (Wildman–Crippen LogP) is 12.7. The predicted molar refractivity (Wildman–Crippen MR) is 155 cm³/mol. The molecular formula is C36H16F12. The Hall–Kier alpha value is -5.00.